The lowest BCUT2D eigenvalue weighted by Crippen LogP contribution is -2.41. The van der Waals surface area contributed by atoms with Gasteiger partial charge in [0.2, 0.25) is 0 Å². The normalized spacial score (nSPS) is 12.0. The number of halogens is 1. The molecule has 3 rings (SSSR count). The zero-order valence-electron chi connectivity index (χ0n) is 23.2. The first-order valence-corrected chi connectivity index (χ1v) is 15.8. The van der Waals surface area contributed by atoms with Crippen molar-refractivity contribution in [3.8, 4) is 17.6 Å². The second-order valence-corrected chi connectivity index (χ2v) is 16.4. The largest absolute Gasteiger partial charge is 0.488 e. The Kier molecular flexibility index (Phi) is 9.23. The van der Waals surface area contributed by atoms with Gasteiger partial charge in [-0.2, -0.15) is 0 Å². The Hall–Kier alpha value is -3.07. The minimum atomic E-state index is -1.80. The van der Waals surface area contributed by atoms with Gasteiger partial charge in [0.25, 0.3) is 0 Å². The molecule has 0 heterocycles. The molecule has 0 aromatic heterocycles. The molecule has 0 fully saturated rings. The highest BCUT2D eigenvalue weighted by Gasteiger charge is 2.37. The van der Waals surface area contributed by atoms with Crippen LogP contribution in [0.25, 0.3) is 0 Å². The summed E-state index contributed by atoms with van der Waals surface area (Å²) in [5, 5.41) is 3.57. The third-order valence-corrected chi connectivity index (χ3v) is 11.4. The van der Waals surface area contributed by atoms with Crippen molar-refractivity contribution < 1.29 is 13.6 Å². The van der Waals surface area contributed by atoms with Gasteiger partial charge in [-0.3, -0.25) is 0 Å². The van der Waals surface area contributed by atoms with E-state index in [0.717, 1.165) is 28.9 Å². The van der Waals surface area contributed by atoms with Gasteiger partial charge < -0.3 is 14.5 Å². The van der Waals surface area contributed by atoms with Crippen LogP contribution in [0.15, 0.2) is 72.8 Å². The summed E-state index contributed by atoms with van der Waals surface area (Å²) in [6.07, 6.45) is 0.834. The summed E-state index contributed by atoms with van der Waals surface area (Å²) in [5.41, 5.74) is 3.22. The van der Waals surface area contributed by atoms with Crippen LogP contribution in [0.5, 0.6) is 5.75 Å². The van der Waals surface area contributed by atoms with Crippen molar-refractivity contribution in [2.45, 2.75) is 65.8 Å². The van der Waals surface area contributed by atoms with Gasteiger partial charge in [-0.15, -0.1) is 0 Å². The van der Waals surface area contributed by atoms with Gasteiger partial charge in [0.1, 0.15) is 18.2 Å². The number of hydrogen-bond acceptors (Lipinski definition) is 3. The summed E-state index contributed by atoms with van der Waals surface area (Å²) in [7, 11) is -1.80. The number of anilines is 2. The average Bonchev–Trinajstić information content (AvgIpc) is 2.83. The Labute approximate surface area is 223 Å². The number of hydrogen-bond donors (Lipinski definition) is 1. The van der Waals surface area contributed by atoms with Crippen molar-refractivity contribution in [2.24, 2.45) is 5.41 Å². The summed E-state index contributed by atoms with van der Waals surface area (Å²) < 4.78 is 26.1. The summed E-state index contributed by atoms with van der Waals surface area (Å²) >= 11 is 0. The minimum Gasteiger partial charge on any atom is -0.488 e. The minimum absolute atomic E-state index is 0.179. The van der Waals surface area contributed by atoms with Crippen LogP contribution in [-0.4, -0.2) is 14.9 Å². The molecule has 0 amide bonds. The third kappa shape index (κ3) is 8.48. The average molecular weight is 518 g/mol. The molecule has 0 bridgehead atoms. The zero-order valence-corrected chi connectivity index (χ0v) is 24.2. The third-order valence-electron chi connectivity index (χ3n) is 6.91. The van der Waals surface area contributed by atoms with Gasteiger partial charge in [-0.1, -0.05) is 69.0 Å². The first-order chi connectivity index (χ1) is 17.4. The lowest BCUT2D eigenvalue weighted by molar-refractivity contribution is 0.245. The smallest absolute Gasteiger partial charge is 0.191 e. The lowest BCUT2D eigenvalue weighted by Gasteiger charge is -2.36. The first-order valence-electron chi connectivity index (χ1n) is 12.9. The van der Waals surface area contributed by atoms with Crippen molar-refractivity contribution in [2.75, 3.05) is 11.9 Å². The van der Waals surface area contributed by atoms with Crippen molar-refractivity contribution in [1.82, 2.24) is 0 Å². The van der Waals surface area contributed by atoms with Gasteiger partial charge in [0.05, 0.1) is 11.3 Å². The Morgan fingerprint density at radius 1 is 0.865 bits per heavy atom. The van der Waals surface area contributed by atoms with E-state index < -0.39 is 8.32 Å². The molecule has 0 saturated carbocycles. The SMILES string of the molecule is CC(C)(C#Cc1c(Nc2ccc(F)cc2)cccc1OCc1ccccc1)CCO[Si](C)(C)C(C)(C)C. The monoisotopic (exact) mass is 517 g/mol. The van der Waals surface area contributed by atoms with E-state index in [0.29, 0.717) is 19.0 Å². The Bertz CT molecular complexity index is 1220. The maximum atomic E-state index is 13.4. The van der Waals surface area contributed by atoms with Crippen LogP contribution in [0, 0.1) is 23.1 Å². The number of rotatable bonds is 9. The van der Waals surface area contributed by atoms with Gasteiger partial charge in [-0.25, -0.2) is 4.39 Å². The molecule has 3 aromatic rings. The maximum Gasteiger partial charge on any atom is 0.191 e. The molecule has 5 heteroatoms. The van der Waals surface area contributed by atoms with E-state index in [1.54, 1.807) is 12.1 Å². The zero-order chi connectivity index (χ0) is 27.1. The Morgan fingerprint density at radius 2 is 1.54 bits per heavy atom. The molecule has 1 N–H and O–H groups in total. The molecule has 0 unspecified atom stereocenters. The van der Waals surface area contributed by atoms with Crippen LogP contribution in [0.1, 0.15) is 52.2 Å². The van der Waals surface area contributed by atoms with Crippen molar-refractivity contribution in [3.05, 3.63) is 89.7 Å². The summed E-state index contributed by atoms with van der Waals surface area (Å²) in [5.74, 6) is 7.33. The number of ether oxygens (including phenoxy) is 1. The van der Waals surface area contributed by atoms with Gasteiger partial charge >= 0.3 is 0 Å². The van der Waals surface area contributed by atoms with Crippen LogP contribution in [0.2, 0.25) is 18.1 Å². The van der Waals surface area contributed by atoms with Crippen molar-refractivity contribution in [3.63, 3.8) is 0 Å². The molecule has 37 heavy (non-hydrogen) atoms. The van der Waals surface area contributed by atoms with E-state index in [1.807, 2.05) is 48.5 Å². The fourth-order valence-corrected chi connectivity index (χ4v) is 4.43. The number of benzene rings is 3. The van der Waals surface area contributed by atoms with Crippen molar-refractivity contribution in [1.29, 1.82) is 0 Å². The van der Waals surface area contributed by atoms with E-state index in [2.05, 4.69) is 64.9 Å². The van der Waals surface area contributed by atoms with E-state index in [-0.39, 0.29) is 16.3 Å². The maximum absolute atomic E-state index is 13.4. The topological polar surface area (TPSA) is 30.5 Å². The predicted octanol–water partition coefficient (Wildman–Crippen LogP) is 8.94. The second-order valence-electron chi connectivity index (χ2n) is 11.6. The molecule has 0 atom stereocenters. The van der Waals surface area contributed by atoms with E-state index in [1.165, 1.54) is 12.1 Å². The van der Waals surface area contributed by atoms with Crippen LogP contribution in [0.4, 0.5) is 15.8 Å². The highest BCUT2D eigenvalue weighted by atomic mass is 28.4. The van der Waals surface area contributed by atoms with E-state index in [9.17, 15) is 4.39 Å². The van der Waals surface area contributed by atoms with E-state index >= 15 is 0 Å². The van der Waals surface area contributed by atoms with Crippen LogP contribution >= 0.6 is 0 Å². The van der Waals surface area contributed by atoms with Gasteiger partial charge in [0, 0.05) is 17.7 Å². The molecular formula is C32H40FNO2Si. The summed E-state index contributed by atoms with van der Waals surface area (Å²) in [6.45, 7) is 16.7. The fourth-order valence-electron chi connectivity index (χ4n) is 3.38. The molecule has 0 aliphatic carbocycles. The molecule has 0 radical (unpaired) electrons. The predicted molar refractivity (Wildman–Crippen MR) is 155 cm³/mol. The summed E-state index contributed by atoms with van der Waals surface area (Å²) in [6, 6.07) is 22.2. The fraction of sp³-hybridized carbons (Fsp3) is 0.375. The molecule has 196 valence electrons. The Balaban J connectivity index is 1.85. The molecule has 3 aromatic carbocycles. The Morgan fingerprint density at radius 3 is 2.19 bits per heavy atom. The molecule has 0 aliphatic heterocycles. The molecule has 0 saturated heterocycles. The first kappa shape index (κ1) is 28.5. The summed E-state index contributed by atoms with van der Waals surface area (Å²) in [4.78, 5) is 0. The van der Waals surface area contributed by atoms with Crippen molar-refractivity contribution >= 4 is 19.7 Å². The molecule has 3 nitrogen and oxygen atoms in total. The second kappa shape index (κ2) is 12.0. The molecule has 0 spiro atoms. The quantitative estimate of drug-likeness (QED) is 0.227. The van der Waals surface area contributed by atoms with Crippen LogP contribution in [-0.2, 0) is 11.0 Å². The number of nitrogens with one attached hydrogen (secondary N) is 1. The standard InChI is InChI=1S/C32H40FNO2Si/c1-31(2,3)37(6,7)36-23-22-32(4,5)21-20-28-29(34-27-18-16-26(33)17-19-27)14-11-15-30(28)35-24-25-12-9-8-10-13-25/h8-19,34H,22-24H2,1-7H3. The van der Waals surface area contributed by atoms with Crippen LogP contribution in [0.3, 0.4) is 0 Å². The highest BCUT2D eigenvalue weighted by molar-refractivity contribution is 6.74. The lowest BCUT2D eigenvalue weighted by atomic mass is 9.90. The highest BCUT2D eigenvalue weighted by Crippen LogP contribution is 2.37. The van der Waals surface area contributed by atoms with Crippen LogP contribution < -0.4 is 10.1 Å². The molecule has 0 aliphatic rings. The van der Waals surface area contributed by atoms with Gasteiger partial charge in [0.15, 0.2) is 8.32 Å². The van der Waals surface area contributed by atoms with Gasteiger partial charge in [-0.05, 0) is 80.4 Å². The molecular weight excluding hydrogens is 477 g/mol. The van der Waals surface area contributed by atoms with E-state index in [4.69, 9.17) is 9.16 Å².